The van der Waals surface area contributed by atoms with Gasteiger partial charge in [0.05, 0.1) is 10.6 Å². The monoisotopic (exact) mass is 303 g/mol. The van der Waals surface area contributed by atoms with E-state index in [1.165, 1.54) is 6.42 Å². The lowest BCUT2D eigenvalue weighted by Gasteiger charge is -2.30. The predicted molar refractivity (Wildman–Crippen MR) is 67.3 cm³/mol. The molecule has 1 aliphatic rings. The van der Waals surface area contributed by atoms with Crippen molar-refractivity contribution >= 4 is 25.8 Å². The van der Waals surface area contributed by atoms with Gasteiger partial charge in [-0.1, -0.05) is 22.0 Å². The van der Waals surface area contributed by atoms with Crippen LogP contribution in [0.15, 0.2) is 33.6 Å². The largest absolute Gasteiger partial charge is 0.302 e. The molecule has 1 saturated heterocycles. The van der Waals surface area contributed by atoms with Crippen molar-refractivity contribution in [3.05, 3.63) is 28.7 Å². The van der Waals surface area contributed by atoms with Crippen LogP contribution in [0.3, 0.4) is 0 Å². The van der Waals surface area contributed by atoms with Crippen molar-refractivity contribution in [2.75, 3.05) is 25.4 Å². The van der Waals surface area contributed by atoms with Crippen LogP contribution in [0.4, 0.5) is 0 Å². The van der Waals surface area contributed by atoms with E-state index in [4.69, 9.17) is 0 Å². The van der Waals surface area contributed by atoms with Gasteiger partial charge in [-0.05, 0) is 37.7 Å². The van der Waals surface area contributed by atoms with Gasteiger partial charge in [-0.15, -0.1) is 0 Å². The van der Waals surface area contributed by atoms with Crippen molar-refractivity contribution in [3.63, 3.8) is 0 Å². The molecule has 0 bridgehead atoms. The Hall–Kier alpha value is -0.390. The number of nitrogens with zero attached hydrogens (tertiary/aromatic N) is 1. The van der Waals surface area contributed by atoms with E-state index in [0.29, 0.717) is 11.4 Å². The van der Waals surface area contributed by atoms with Crippen LogP contribution in [0.5, 0.6) is 0 Å². The van der Waals surface area contributed by atoms with Crippen LogP contribution in [-0.2, 0) is 9.84 Å². The highest BCUT2D eigenvalue weighted by atomic mass is 79.9. The molecule has 0 spiro atoms. The van der Waals surface area contributed by atoms with E-state index in [2.05, 4.69) is 20.8 Å². The van der Waals surface area contributed by atoms with E-state index >= 15 is 0 Å². The summed E-state index contributed by atoms with van der Waals surface area (Å²) in [7, 11) is -3.13. The molecule has 0 N–H and O–H groups in total. The van der Waals surface area contributed by atoms with Gasteiger partial charge < -0.3 is 4.90 Å². The quantitative estimate of drug-likeness (QED) is 0.853. The summed E-state index contributed by atoms with van der Waals surface area (Å²) in [6, 6.07) is 6.89. The number of likely N-dealkylation sites (tertiary alicyclic amines) is 1. The van der Waals surface area contributed by atoms with E-state index in [0.717, 1.165) is 17.6 Å². The SMILES string of the molecule is O=S(=O)(CCN1CCC1)c1cccc(Br)c1. The molecule has 88 valence electrons. The van der Waals surface area contributed by atoms with E-state index < -0.39 is 9.84 Å². The number of sulfone groups is 1. The molecule has 2 rings (SSSR count). The van der Waals surface area contributed by atoms with Gasteiger partial charge in [-0.25, -0.2) is 8.42 Å². The molecule has 3 nitrogen and oxygen atoms in total. The van der Waals surface area contributed by atoms with Crippen LogP contribution in [0, 0.1) is 0 Å². The zero-order chi connectivity index (χ0) is 11.6. The second-order valence-corrected chi connectivity index (χ2v) is 7.00. The molecule has 1 aliphatic heterocycles. The van der Waals surface area contributed by atoms with Gasteiger partial charge in [-0.3, -0.25) is 0 Å². The third kappa shape index (κ3) is 2.84. The zero-order valence-corrected chi connectivity index (χ0v) is 11.3. The van der Waals surface area contributed by atoms with Gasteiger partial charge in [-0.2, -0.15) is 0 Å². The van der Waals surface area contributed by atoms with Crippen LogP contribution >= 0.6 is 15.9 Å². The third-order valence-corrected chi connectivity index (χ3v) is 4.97. The van der Waals surface area contributed by atoms with Crippen molar-refractivity contribution in [3.8, 4) is 0 Å². The van der Waals surface area contributed by atoms with Gasteiger partial charge in [0.1, 0.15) is 0 Å². The van der Waals surface area contributed by atoms with Crippen LogP contribution in [0.2, 0.25) is 0 Å². The fourth-order valence-electron chi connectivity index (χ4n) is 1.63. The molecule has 0 aliphatic carbocycles. The minimum atomic E-state index is -3.13. The molecule has 0 atom stereocenters. The van der Waals surface area contributed by atoms with E-state index in [1.807, 2.05) is 6.07 Å². The molecule has 1 fully saturated rings. The molecule has 0 radical (unpaired) electrons. The number of hydrogen-bond acceptors (Lipinski definition) is 3. The Morgan fingerprint density at radius 1 is 1.31 bits per heavy atom. The first kappa shape index (κ1) is 12.1. The van der Waals surface area contributed by atoms with Crippen LogP contribution in [0.25, 0.3) is 0 Å². The van der Waals surface area contributed by atoms with E-state index in [-0.39, 0.29) is 5.75 Å². The Morgan fingerprint density at radius 3 is 2.62 bits per heavy atom. The molecular formula is C11H14BrNO2S. The molecule has 0 amide bonds. The number of benzene rings is 1. The smallest absolute Gasteiger partial charge is 0.179 e. The topological polar surface area (TPSA) is 37.4 Å². The predicted octanol–water partition coefficient (Wildman–Crippen LogP) is 1.93. The summed E-state index contributed by atoms with van der Waals surface area (Å²) in [6.07, 6.45) is 1.19. The Kier molecular flexibility index (Phi) is 3.66. The molecule has 1 aromatic carbocycles. The molecule has 1 aromatic rings. The van der Waals surface area contributed by atoms with E-state index in [9.17, 15) is 8.42 Å². The average Bonchev–Trinajstić information content (AvgIpc) is 2.15. The van der Waals surface area contributed by atoms with E-state index in [1.54, 1.807) is 18.2 Å². The molecular weight excluding hydrogens is 290 g/mol. The molecule has 0 saturated carbocycles. The molecule has 16 heavy (non-hydrogen) atoms. The van der Waals surface area contributed by atoms with Crippen molar-refractivity contribution in [2.24, 2.45) is 0 Å². The lowest BCUT2D eigenvalue weighted by molar-refractivity contribution is 0.193. The summed E-state index contributed by atoms with van der Waals surface area (Å²) in [6.45, 7) is 2.72. The first-order chi connectivity index (χ1) is 7.58. The summed E-state index contributed by atoms with van der Waals surface area (Å²) in [5.74, 6) is 0.212. The molecule has 1 heterocycles. The lowest BCUT2D eigenvalue weighted by Crippen LogP contribution is -2.40. The van der Waals surface area contributed by atoms with Gasteiger partial charge in [0.2, 0.25) is 0 Å². The highest BCUT2D eigenvalue weighted by Gasteiger charge is 2.19. The van der Waals surface area contributed by atoms with Crippen molar-refractivity contribution < 1.29 is 8.42 Å². The summed E-state index contributed by atoms with van der Waals surface area (Å²) in [5.41, 5.74) is 0. The van der Waals surface area contributed by atoms with Crippen LogP contribution in [0.1, 0.15) is 6.42 Å². The fraction of sp³-hybridized carbons (Fsp3) is 0.455. The van der Waals surface area contributed by atoms with Gasteiger partial charge in [0.25, 0.3) is 0 Å². The first-order valence-electron chi connectivity index (χ1n) is 5.29. The van der Waals surface area contributed by atoms with Crippen molar-refractivity contribution in [1.82, 2.24) is 4.90 Å². The Labute approximate surface area is 105 Å². The minimum absolute atomic E-state index is 0.212. The van der Waals surface area contributed by atoms with Gasteiger partial charge >= 0.3 is 0 Å². The third-order valence-electron chi connectivity index (χ3n) is 2.78. The molecule has 0 aromatic heterocycles. The molecule has 0 unspecified atom stereocenters. The summed E-state index contributed by atoms with van der Waals surface area (Å²) in [4.78, 5) is 2.57. The maximum Gasteiger partial charge on any atom is 0.179 e. The van der Waals surface area contributed by atoms with Gasteiger partial charge in [0, 0.05) is 11.0 Å². The maximum atomic E-state index is 12.0. The summed E-state index contributed by atoms with van der Waals surface area (Å²) < 4.78 is 24.8. The Bertz CT molecular complexity index is 469. The summed E-state index contributed by atoms with van der Waals surface area (Å²) >= 11 is 3.28. The first-order valence-corrected chi connectivity index (χ1v) is 7.73. The highest BCUT2D eigenvalue weighted by molar-refractivity contribution is 9.10. The van der Waals surface area contributed by atoms with Gasteiger partial charge in [0.15, 0.2) is 9.84 Å². The average molecular weight is 304 g/mol. The minimum Gasteiger partial charge on any atom is -0.302 e. The lowest BCUT2D eigenvalue weighted by atomic mass is 10.2. The molecule has 5 heteroatoms. The highest BCUT2D eigenvalue weighted by Crippen LogP contribution is 2.18. The number of rotatable bonds is 4. The summed E-state index contributed by atoms with van der Waals surface area (Å²) in [5, 5.41) is 0. The number of hydrogen-bond donors (Lipinski definition) is 0. The normalized spacial score (nSPS) is 17.1. The Morgan fingerprint density at radius 2 is 2.06 bits per heavy atom. The zero-order valence-electron chi connectivity index (χ0n) is 8.89. The second kappa shape index (κ2) is 4.85. The Balaban J connectivity index is 2.05. The number of halogens is 1. The fourth-order valence-corrected chi connectivity index (χ4v) is 3.51. The van der Waals surface area contributed by atoms with Crippen molar-refractivity contribution in [1.29, 1.82) is 0 Å². The standard InChI is InChI=1S/C11H14BrNO2S/c12-10-3-1-4-11(9-10)16(14,15)8-7-13-5-2-6-13/h1,3-4,9H,2,5-8H2. The van der Waals surface area contributed by atoms with Crippen LogP contribution in [-0.4, -0.2) is 38.7 Å². The van der Waals surface area contributed by atoms with Crippen molar-refractivity contribution in [2.45, 2.75) is 11.3 Å². The maximum absolute atomic E-state index is 12.0. The van der Waals surface area contributed by atoms with Crippen LogP contribution < -0.4 is 0 Å². The second-order valence-electron chi connectivity index (χ2n) is 3.97.